The zero-order chi connectivity index (χ0) is 17.2. The fourth-order valence-electron chi connectivity index (χ4n) is 1.97. The van der Waals surface area contributed by atoms with Gasteiger partial charge in [-0.25, -0.2) is 5.43 Å². The third-order valence-corrected chi connectivity index (χ3v) is 3.23. The molecule has 6 heteroatoms. The maximum atomic E-state index is 11.8. The molecule has 0 fully saturated rings. The molecule has 0 radical (unpaired) electrons. The number of aromatic hydroxyl groups is 1. The number of para-hydroxylation sites is 1. The van der Waals surface area contributed by atoms with E-state index in [4.69, 9.17) is 0 Å². The highest BCUT2D eigenvalue weighted by Gasteiger charge is 2.04. The summed E-state index contributed by atoms with van der Waals surface area (Å²) >= 11 is 0. The molecule has 2 amide bonds. The fourth-order valence-corrected chi connectivity index (χ4v) is 1.97. The Hall–Kier alpha value is -3.15. The summed E-state index contributed by atoms with van der Waals surface area (Å²) in [6, 6.07) is 15.6. The second-order valence-electron chi connectivity index (χ2n) is 5.08. The van der Waals surface area contributed by atoms with Crippen LogP contribution in [-0.4, -0.2) is 29.7 Å². The first-order valence-electron chi connectivity index (χ1n) is 7.60. The van der Waals surface area contributed by atoms with E-state index in [1.54, 1.807) is 48.5 Å². The monoisotopic (exact) mass is 325 g/mol. The average molecular weight is 325 g/mol. The second-order valence-corrected chi connectivity index (χ2v) is 5.08. The lowest BCUT2D eigenvalue weighted by atomic mass is 10.2. The molecule has 0 bridgehead atoms. The zero-order valence-electron chi connectivity index (χ0n) is 13.1. The van der Waals surface area contributed by atoms with Gasteiger partial charge in [0.1, 0.15) is 5.75 Å². The highest BCUT2D eigenvalue weighted by atomic mass is 16.3. The summed E-state index contributed by atoms with van der Waals surface area (Å²) in [7, 11) is 0. The van der Waals surface area contributed by atoms with Gasteiger partial charge in [0.05, 0.1) is 6.21 Å². The summed E-state index contributed by atoms with van der Waals surface area (Å²) in [6.45, 7) is 0.407. The fraction of sp³-hybridized carbons (Fsp3) is 0.167. The minimum atomic E-state index is -0.254. The van der Waals surface area contributed by atoms with Crippen molar-refractivity contribution < 1.29 is 14.7 Å². The van der Waals surface area contributed by atoms with E-state index < -0.39 is 0 Å². The Morgan fingerprint density at radius 1 is 1.04 bits per heavy atom. The summed E-state index contributed by atoms with van der Waals surface area (Å²) in [5, 5.41) is 16.1. The standard InChI is InChI=1S/C18H19N3O3/c22-16-10-5-4-9-15(16)13-20-21-17(23)11-6-12-19-18(24)14-7-2-1-3-8-14/h1-5,7-10,13,22H,6,11-12H2,(H,19,24)(H,21,23)/b20-13+. The second kappa shape index (κ2) is 9.09. The Labute approximate surface area is 140 Å². The number of amides is 2. The molecule has 2 rings (SSSR count). The Morgan fingerprint density at radius 3 is 2.50 bits per heavy atom. The van der Waals surface area contributed by atoms with Gasteiger partial charge in [-0.2, -0.15) is 5.10 Å². The Kier molecular flexibility index (Phi) is 6.52. The van der Waals surface area contributed by atoms with Gasteiger partial charge in [0.25, 0.3) is 5.91 Å². The van der Waals surface area contributed by atoms with Crippen LogP contribution in [0.5, 0.6) is 5.75 Å². The van der Waals surface area contributed by atoms with Gasteiger partial charge >= 0.3 is 0 Å². The van der Waals surface area contributed by atoms with E-state index in [-0.39, 0.29) is 24.0 Å². The highest BCUT2D eigenvalue weighted by molar-refractivity contribution is 5.94. The summed E-state index contributed by atoms with van der Waals surface area (Å²) in [6.07, 6.45) is 2.13. The van der Waals surface area contributed by atoms with Crippen molar-refractivity contribution in [1.82, 2.24) is 10.7 Å². The molecule has 2 aromatic rings. The third kappa shape index (κ3) is 5.57. The Morgan fingerprint density at radius 2 is 1.75 bits per heavy atom. The van der Waals surface area contributed by atoms with Crippen molar-refractivity contribution in [2.75, 3.05) is 6.54 Å². The van der Waals surface area contributed by atoms with Crippen molar-refractivity contribution in [3.05, 3.63) is 65.7 Å². The van der Waals surface area contributed by atoms with Crippen LogP contribution >= 0.6 is 0 Å². The number of carbonyl (C=O) groups is 2. The van der Waals surface area contributed by atoms with Crippen LogP contribution in [0, 0.1) is 0 Å². The molecule has 2 aromatic carbocycles. The first-order valence-corrected chi connectivity index (χ1v) is 7.60. The largest absolute Gasteiger partial charge is 0.507 e. The molecule has 0 unspecified atom stereocenters. The Bertz CT molecular complexity index is 714. The highest BCUT2D eigenvalue weighted by Crippen LogP contribution is 2.12. The number of hydrazone groups is 1. The van der Waals surface area contributed by atoms with Crippen LogP contribution in [0.2, 0.25) is 0 Å². The van der Waals surface area contributed by atoms with Crippen molar-refractivity contribution in [3.8, 4) is 5.75 Å². The topological polar surface area (TPSA) is 90.8 Å². The van der Waals surface area contributed by atoms with Gasteiger partial charge in [0.2, 0.25) is 5.91 Å². The molecule has 0 aliphatic carbocycles. The molecule has 0 aliphatic heterocycles. The number of hydrogen-bond acceptors (Lipinski definition) is 4. The SMILES string of the molecule is O=C(CCCNC(=O)c1ccccc1)N/N=C/c1ccccc1O. The van der Waals surface area contributed by atoms with Crippen LogP contribution in [0.4, 0.5) is 0 Å². The van der Waals surface area contributed by atoms with Crippen LogP contribution in [0.15, 0.2) is 59.7 Å². The number of carbonyl (C=O) groups excluding carboxylic acids is 2. The van der Waals surface area contributed by atoms with Gasteiger partial charge in [-0.05, 0) is 30.7 Å². The summed E-state index contributed by atoms with van der Waals surface area (Å²) in [5.41, 5.74) is 3.50. The zero-order valence-corrected chi connectivity index (χ0v) is 13.1. The quantitative estimate of drug-likeness (QED) is 0.413. The number of phenols is 1. The summed E-state index contributed by atoms with van der Waals surface area (Å²) in [5.74, 6) is -0.316. The summed E-state index contributed by atoms with van der Waals surface area (Å²) in [4.78, 5) is 23.4. The molecule has 0 saturated heterocycles. The van der Waals surface area contributed by atoms with Gasteiger partial charge < -0.3 is 10.4 Å². The van der Waals surface area contributed by atoms with Crippen LogP contribution in [-0.2, 0) is 4.79 Å². The van der Waals surface area contributed by atoms with Crippen molar-refractivity contribution in [2.24, 2.45) is 5.10 Å². The van der Waals surface area contributed by atoms with Crippen LogP contribution < -0.4 is 10.7 Å². The van der Waals surface area contributed by atoms with Gasteiger partial charge in [0, 0.05) is 24.1 Å². The van der Waals surface area contributed by atoms with Crippen molar-refractivity contribution in [1.29, 1.82) is 0 Å². The van der Waals surface area contributed by atoms with Gasteiger partial charge in [-0.3, -0.25) is 9.59 Å². The molecule has 0 heterocycles. The lowest BCUT2D eigenvalue weighted by Gasteiger charge is -2.04. The first kappa shape index (κ1) is 17.2. The molecule has 124 valence electrons. The predicted molar refractivity (Wildman–Crippen MR) is 91.9 cm³/mol. The van der Waals surface area contributed by atoms with E-state index in [1.165, 1.54) is 6.21 Å². The predicted octanol–water partition coefficient (Wildman–Crippen LogP) is 2.05. The maximum Gasteiger partial charge on any atom is 0.251 e. The van der Waals surface area contributed by atoms with E-state index >= 15 is 0 Å². The van der Waals surface area contributed by atoms with E-state index in [1.807, 2.05) is 6.07 Å². The third-order valence-electron chi connectivity index (χ3n) is 3.23. The van der Waals surface area contributed by atoms with Crippen molar-refractivity contribution in [2.45, 2.75) is 12.8 Å². The van der Waals surface area contributed by atoms with Crippen LogP contribution in [0.1, 0.15) is 28.8 Å². The smallest absolute Gasteiger partial charge is 0.251 e. The van der Waals surface area contributed by atoms with Crippen LogP contribution in [0.25, 0.3) is 0 Å². The molecule has 0 saturated carbocycles. The number of hydrogen-bond donors (Lipinski definition) is 3. The molecule has 0 spiro atoms. The molecule has 3 N–H and O–H groups in total. The van der Waals surface area contributed by atoms with E-state index in [2.05, 4.69) is 15.8 Å². The molecular weight excluding hydrogens is 306 g/mol. The van der Waals surface area contributed by atoms with Crippen molar-refractivity contribution >= 4 is 18.0 Å². The lowest BCUT2D eigenvalue weighted by Crippen LogP contribution is -2.26. The van der Waals surface area contributed by atoms with Crippen LogP contribution in [0.3, 0.4) is 0 Å². The molecule has 6 nitrogen and oxygen atoms in total. The molecule has 0 aliphatic rings. The maximum absolute atomic E-state index is 11.8. The van der Waals surface area contributed by atoms with E-state index in [0.29, 0.717) is 24.1 Å². The molecule has 0 aromatic heterocycles. The van der Waals surface area contributed by atoms with Gasteiger partial charge in [0.15, 0.2) is 0 Å². The number of phenolic OH excluding ortho intramolecular Hbond substituents is 1. The average Bonchev–Trinajstić information content (AvgIpc) is 2.61. The Balaban J connectivity index is 1.65. The summed E-state index contributed by atoms with van der Waals surface area (Å²) < 4.78 is 0. The van der Waals surface area contributed by atoms with E-state index in [0.717, 1.165) is 0 Å². The normalized spacial score (nSPS) is 10.5. The number of nitrogens with one attached hydrogen (secondary N) is 2. The first-order chi connectivity index (χ1) is 11.7. The number of benzene rings is 2. The van der Waals surface area contributed by atoms with Gasteiger partial charge in [-0.1, -0.05) is 30.3 Å². The molecule has 24 heavy (non-hydrogen) atoms. The van der Waals surface area contributed by atoms with Crippen molar-refractivity contribution in [3.63, 3.8) is 0 Å². The lowest BCUT2D eigenvalue weighted by molar-refractivity contribution is -0.121. The minimum Gasteiger partial charge on any atom is -0.507 e. The number of nitrogens with zero attached hydrogens (tertiary/aromatic N) is 1. The molecular formula is C18H19N3O3. The number of rotatable bonds is 7. The minimum absolute atomic E-state index is 0.0964. The van der Waals surface area contributed by atoms with E-state index in [9.17, 15) is 14.7 Å². The van der Waals surface area contributed by atoms with Gasteiger partial charge in [-0.15, -0.1) is 0 Å². The molecule has 0 atom stereocenters.